The Morgan fingerprint density at radius 2 is 1.94 bits per heavy atom. The second-order valence-electron chi connectivity index (χ2n) is 8.10. The molecular formula is C25H20N4O3. The van der Waals surface area contributed by atoms with Crippen molar-refractivity contribution in [3.63, 3.8) is 0 Å². The number of aromatic nitrogens is 2. The van der Waals surface area contributed by atoms with E-state index in [0.29, 0.717) is 18.1 Å². The smallest absolute Gasteiger partial charge is 0.349 e. The van der Waals surface area contributed by atoms with E-state index >= 15 is 0 Å². The summed E-state index contributed by atoms with van der Waals surface area (Å²) < 4.78 is 11.9. The third-order valence-corrected chi connectivity index (χ3v) is 6.25. The molecule has 1 aliphatic carbocycles. The number of carbonyl (C=O) groups excluding carboxylic acids is 1. The minimum absolute atomic E-state index is 0.240. The first kappa shape index (κ1) is 18.7. The van der Waals surface area contributed by atoms with Gasteiger partial charge in [0.2, 0.25) is 0 Å². The number of allylic oxidation sites excluding steroid dienone is 2. The molecule has 7 heteroatoms. The summed E-state index contributed by atoms with van der Waals surface area (Å²) in [6, 6.07) is 13.2. The van der Waals surface area contributed by atoms with E-state index < -0.39 is 0 Å². The number of rotatable bonds is 3. The van der Waals surface area contributed by atoms with E-state index in [2.05, 4.69) is 21.2 Å². The van der Waals surface area contributed by atoms with E-state index in [4.69, 9.17) is 9.26 Å². The number of pyridine rings is 1. The molecule has 2 amide bonds. The van der Waals surface area contributed by atoms with Gasteiger partial charge in [0.15, 0.2) is 0 Å². The first-order chi connectivity index (χ1) is 15.6. The average molecular weight is 424 g/mol. The molecule has 6 rings (SSSR count). The molecule has 0 N–H and O–H groups in total. The number of hydrogen-bond acceptors (Lipinski definition) is 5. The van der Waals surface area contributed by atoms with Crippen molar-refractivity contribution in [1.82, 2.24) is 15.0 Å². The van der Waals surface area contributed by atoms with Gasteiger partial charge in [-0.3, -0.25) is 9.88 Å². The molecule has 2 atom stereocenters. The highest BCUT2D eigenvalue weighted by atomic mass is 16.5. The molecule has 1 aromatic carbocycles. The number of carbonyl (C=O) groups is 1. The van der Waals surface area contributed by atoms with Crippen molar-refractivity contribution in [2.75, 3.05) is 6.61 Å². The molecule has 0 saturated heterocycles. The monoisotopic (exact) mass is 424 g/mol. The van der Waals surface area contributed by atoms with E-state index in [1.165, 1.54) is 0 Å². The van der Waals surface area contributed by atoms with Crippen LogP contribution in [0.4, 0.5) is 4.79 Å². The third-order valence-electron chi connectivity index (χ3n) is 6.25. The average Bonchev–Trinajstić information content (AvgIpc) is 3.35. The van der Waals surface area contributed by atoms with Crippen LogP contribution in [0.1, 0.15) is 40.1 Å². The lowest BCUT2D eigenvalue weighted by Gasteiger charge is -2.38. The fourth-order valence-corrected chi connectivity index (χ4v) is 4.82. The number of aliphatic imine (C=N–C) groups is 1. The van der Waals surface area contributed by atoms with E-state index in [1.54, 1.807) is 17.3 Å². The Hall–Kier alpha value is -4.00. The Kier molecular flexibility index (Phi) is 4.11. The number of aryl methyl sites for hydroxylation is 2. The normalized spacial score (nSPS) is 21.8. The van der Waals surface area contributed by atoms with E-state index in [9.17, 15) is 4.79 Å². The highest BCUT2D eigenvalue weighted by Gasteiger charge is 2.47. The first-order valence-corrected chi connectivity index (χ1v) is 10.5. The van der Waals surface area contributed by atoms with Crippen LogP contribution in [0.25, 0.3) is 5.57 Å². The molecule has 4 heterocycles. The van der Waals surface area contributed by atoms with E-state index in [1.807, 2.05) is 56.3 Å². The van der Waals surface area contributed by atoms with Crippen LogP contribution in [0, 0.1) is 13.8 Å². The number of nitrogens with zero attached hydrogens (tertiary/aromatic N) is 4. The van der Waals surface area contributed by atoms with Crippen LogP contribution in [0.15, 0.2) is 81.9 Å². The standard InChI is InChI=1S/C25H20N4O3/c1-14-21(15(2)32-28-14)19-11-18(17-9-6-10-26-12-17)22-23-24(19)31-13-20(29(23)25(30)27-22)16-7-4-3-5-8-16/h3-12,19-20H,13H2,1-2H3. The molecule has 2 aliphatic heterocycles. The maximum absolute atomic E-state index is 13.2. The second-order valence-corrected chi connectivity index (χ2v) is 8.10. The lowest BCUT2D eigenvalue weighted by Crippen LogP contribution is -2.39. The lowest BCUT2D eigenvalue weighted by molar-refractivity contribution is 0.0942. The zero-order valence-electron chi connectivity index (χ0n) is 17.6. The van der Waals surface area contributed by atoms with Crippen molar-refractivity contribution in [1.29, 1.82) is 0 Å². The van der Waals surface area contributed by atoms with Gasteiger partial charge < -0.3 is 9.26 Å². The topological polar surface area (TPSA) is 80.8 Å². The second kappa shape index (κ2) is 7.02. The molecule has 2 aromatic heterocycles. The van der Waals surface area contributed by atoms with Crippen LogP contribution in [-0.2, 0) is 4.74 Å². The number of benzene rings is 1. The van der Waals surface area contributed by atoms with Crippen LogP contribution in [0.5, 0.6) is 0 Å². The predicted molar refractivity (Wildman–Crippen MR) is 118 cm³/mol. The largest absolute Gasteiger partial charge is 0.492 e. The Morgan fingerprint density at radius 3 is 2.66 bits per heavy atom. The summed E-state index contributed by atoms with van der Waals surface area (Å²) in [6.45, 7) is 4.17. The van der Waals surface area contributed by atoms with Gasteiger partial charge in [0.1, 0.15) is 29.5 Å². The van der Waals surface area contributed by atoms with E-state index in [-0.39, 0.29) is 18.0 Å². The van der Waals surface area contributed by atoms with Crippen molar-refractivity contribution < 1.29 is 14.1 Å². The summed E-state index contributed by atoms with van der Waals surface area (Å²) in [5, 5.41) is 4.15. The zero-order chi connectivity index (χ0) is 21.8. The summed E-state index contributed by atoms with van der Waals surface area (Å²) in [6.07, 6.45) is 5.60. The molecule has 0 saturated carbocycles. The van der Waals surface area contributed by atoms with Gasteiger partial charge in [-0.1, -0.05) is 47.6 Å². The maximum atomic E-state index is 13.2. The van der Waals surface area contributed by atoms with E-state index in [0.717, 1.165) is 39.4 Å². The number of amides is 2. The number of urea groups is 1. The quantitative estimate of drug-likeness (QED) is 0.607. The fraction of sp³-hybridized carbons (Fsp3) is 0.200. The maximum Gasteiger partial charge on any atom is 0.349 e. The van der Waals surface area contributed by atoms with Crippen molar-refractivity contribution in [3.8, 4) is 0 Å². The summed E-state index contributed by atoms with van der Waals surface area (Å²) in [4.78, 5) is 23.7. The number of ether oxygens (including phenoxy) is 1. The minimum atomic E-state index is -0.279. The first-order valence-electron chi connectivity index (χ1n) is 10.5. The molecular weight excluding hydrogens is 404 g/mol. The summed E-state index contributed by atoms with van der Waals surface area (Å²) >= 11 is 0. The van der Waals surface area contributed by atoms with Gasteiger partial charge in [-0.15, -0.1) is 0 Å². The zero-order valence-corrected chi connectivity index (χ0v) is 17.6. The van der Waals surface area contributed by atoms with Crippen LogP contribution in [0.2, 0.25) is 0 Å². The highest BCUT2D eigenvalue weighted by molar-refractivity contribution is 6.37. The van der Waals surface area contributed by atoms with Gasteiger partial charge in [0.25, 0.3) is 0 Å². The van der Waals surface area contributed by atoms with Crippen molar-refractivity contribution in [2.45, 2.75) is 25.8 Å². The predicted octanol–water partition coefficient (Wildman–Crippen LogP) is 4.73. The molecule has 0 spiro atoms. The Labute approximate surface area is 184 Å². The highest BCUT2D eigenvalue weighted by Crippen LogP contribution is 2.48. The molecule has 3 aromatic rings. The molecule has 0 fully saturated rings. The molecule has 3 aliphatic rings. The van der Waals surface area contributed by atoms with Gasteiger partial charge in [-0.2, -0.15) is 4.99 Å². The summed E-state index contributed by atoms with van der Waals surface area (Å²) in [5.41, 5.74) is 5.86. The van der Waals surface area contributed by atoms with Gasteiger partial charge in [-0.05, 0) is 25.5 Å². The summed E-state index contributed by atoms with van der Waals surface area (Å²) in [5.74, 6) is 1.20. The molecule has 158 valence electrons. The molecule has 0 bridgehead atoms. The van der Waals surface area contributed by atoms with Crippen molar-refractivity contribution >= 4 is 17.3 Å². The molecule has 2 unspecified atom stereocenters. The van der Waals surface area contributed by atoms with Gasteiger partial charge in [0, 0.05) is 29.1 Å². The van der Waals surface area contributed by atoms with Crippen LogP contribution in [-0.4, -0.2) is 33.4 Å². The number of hydrogen-bond donors (Lipinski definition) is 0. The van der Waals surface area contributed by atoms with Crippen LogP contribution >= 0.6 is 0 Å². The van der Waals surface area contributed by atoms with Gasteiger partial charge in [-0.25, -0.2) is 4.79 Å². The Bertz CT molecular complexity index is 1300. The minimum Gasteiger partial charge on any atom is -0.492 e. The van der Waals surface area contributed by atoms with Gasteiger partial charge in [0.05, 0.1) is 17.7 Å². The molecule has 32 heavy (non-hydrogen) atoms. The van der Waals surface area contributed by atoms with Crippen LogP contribution < -0.4 is 0 Å². The third kappa shape index (κ3) is 2.67. The molecule has 7 nitrogen and oxygen atoms in total. The van der Waals surface area contributed by atoms with Crippen molar-refractivity contribution in [2.24, 2.45) is 4.99 Å². The summed E-state index contributed by atoms with van der Waals surface area (Å²) in [7, 11) is 0. The SMILES string of the molecule is Cc1noc(C)c1C1C=C(c2cccnc2)C2=NC(=O)N3C2=C1OCC3c1ccccc1. The van der Waals surface area contributed by atoms with Gasteiger partial charge >= 0.3 is 6.03 Å². The Balaban J connectivity index is 1.56. The van der Waals surface area contributed by atoms with Crippen molar-refractivity contribution in [3.05, 3.63) is 101 Å². The Morgan fingerprint density at radius 1 is 1.09 bits per heavy atom. The molecule has 0 radical (unpaired) electrons. The fourth-order valence-electron chi connectivity index (χ4n) is 4.82. The van der Waals surface area contributed by atoms with Crippen LogP contribution in [0.3, 0.4) is 0 Å². The lowest BCUT2D eigenvalue weighted by atomic mass is 9.82.